The lowest BCUT2D eigenvalue weighted by Crippen LogP contribution is -2.36. The maximum absolute atomic E-state index is 13.6. The number of nitrogens with one attached hydrogen (secondary N) is 1. The van der Waals surface area contributed by atoms with Gasteiger partial charge in [0.25, 0.3) is 12.0 Å². The predicted octanol–water partition coefficient (Wildman–Crippen LogP) is 5.27. The Morgan fingerprint density at radius 2 is 1.97 bits per heavy atom. The Balaban J connectivity index is 1.57. The average molecular weight is 466 g/mol. The molecule has 4 rings (SSSR count). The molecule has 0 spiro atoms. The SMILES string of the molecule is CC(C)CSN1CCC(Nc2ncc3cc(C(F)F)c(=O)n(C4CCCC4C)c3n2)CC1. The fraction of sp³-hybridized carbons (Fsp3) is 0.696. The van der Waals surface area contributed by atoms with Crippen LogP contribution in [0, 0.1) is 11.8 Å². The monoisotopic (exact) mass is 465 g/mol. The van der Waals surface area contributed by atoms with Gasteiger partial charge in [0.1, 0.15) is 5.65 Å². The van der Waals surface area contributed by atoms with Crippen molar-refractivity contribution < 1.29 is 8.78 Å². The summed E-state index contributed by atoms with van der Waals surface area (Å²) in [5.41, 5.74) is -0.626. The fourth-order valence-electron chi connectivity index (χ4n) is 4.75. The van der Waals surface area contributed by atoms with Gasteiger partial charge in [-0.2, -0.15) is 4.98 Å². The van der Waals surface area contributed by atoms with E-state index in [4.69, 9.17) is 0 Å². The summed E-state index contributed by atoms with van der Waals surface area (Å²) in [6.45, 7) is 8.55. The summed E-state index contributed by atoms with van der Waals surface area (Å²) in [6.07, 6.45) is 3.52. The van der Waals surface area contributed by atoms with Crippen LogP contribution < -0.4 is 10.9 Å². The first kappa shape index (κ1) is 23.4. The molecule has 0 radical (unpaired) electrons. The largest absolute Gasteiger partial charge is 0.351 e. The van der Waals surface area contributed by atoms with E-state index in [1.54, 1.807) is 6.20 Å². The van der Waals surface area contributed by atoms with E-state index < -0.39 is 17.5 Å². The van der Waals surface area contributed by atoms with Crippen molar-refractivity contribution in [3.8, 4) is 0 Å². The van der Waals surface area contributed by atoms with Crippen LogP contribution >= 0.6 is 11.9 Å². The lowest BCUT2D eigenvalue weighted by atomic mass is 10.1. The molecule has 0 bridgehead atoms. The maximum Gasteiger partial charge on any atom is 0.269 e. The third kappa shape index (κ3) is 5.09. The number of fused-ring (bicyclic) bond motifs is 1. The van der Waals surface area contributed by atoms with Crippen molar-refractivity contribution in [2.45, 2.75) is 71.4 Å². The van der Waals surface area contributed by atoms with E-state index in [-0.39, 0.29) is 18.0 Å². The van der Waals surface area contributed by atoms with Crippen LogP contribution in [-0.4, -0.2) is 43.7 Å². The van der Waals surface area contributed by atoms with Gasteiger partial charge in [-0.25, -0.2) is 13.8 Å². The second-order valence-corrected chi connectivity index (χ2v) is 10.7. The van der Waals surface area contributed by atoms with Crippen LogP contribution in [0.2, 0.25) is 0 Å². The molecule has 2 aromatic heterocycles. The van der Waals surface area contributed by atoms with Crippen molar-refractivity contribution in [1.82, 2.24) is 18.8 Å². The zero-order valence-electron chi connectivity index (χ0n) is 19.1. The van der Waals surface area contributed by atoms with Gasteiger partial charge < -0.3 is 5.32 Å². The van der Waals surface area contributed by atoms with Crippen LogP contribution in [-0.2, 0) is 0 Å². The zero-order valence-corrected chi connectivity index (χ0v) is 19.9. The number of nitrogens with zero attached hydrogens (tertiary/aromatic N) is 4. The molecule has 3 heterocycles. The first-order valence-electron chi connectivity index (χ1n) is 11.7. The standard InChI is InChI=1S/C23H33F2N5OS/c1-14(2)13-32-29-9-7-17(8-10-29)27-23-26-12-16-11-18(20(24)25)22(31)30(21(16)28-23)19-6-4-5-15(19)3/h11-12,14-15,17,19-20H,4-10,13H2,1-3H3,(H,26,27,28). The molecule has 2 aromatic rings. The van der Waals surface area contributed by atoms with Crippen LogP contribution in [0.1, 0.15) is 70.9 Å². The highest BCUT2D eigenvalue weighted by molar-refractivity contribution is 7.97. The topological polar surface area (TPSA) is 63.1 Å². The Hall–Kier alpha value is -1.74. The predicted molar refractivity (Wildman–Crippen MR) is 126 cm³/mol. The molecule has 2 aliphatic rings. The van der Waals surface area contributed by atoms with Crippen molar-refractivity contribution in [3.63, 3.8) is 0 Å². The van der Waals surface area contributed by atoms with E-state index in [2.05, 4.69) is 40.4 Å². The minimum absolute atomic E-state index is 0.104. The number of alkyl halides is 2. The second-order valence-electron chi connectivity index (χ2n) is 9.56. The highest BCUT2D eigenvalue weighted by atomic mass is 32.2. The van der Waals surface area contributed by atoms with E-state index in [0.717, 1.165) is 50.9 Å². The molecule has 1 saturated heterocycles. The van der Waals surface area contributed by atoms with Crippen molar-refractivity contribution in [1.29, 1.82) is 0 Å². The Labute approximate surface area is 192 Å². The number of hydrogen-bond acceptors (Lipinski definition) is 6. The van der Waals surface area contributed by atoms with Gasteiger partial charge in [-0.3, -0.25) is 13.7 Å². The number of pyridine rings is 1. The van der Waals surface area contributed by atoms with Gasteiger partial charge >= 0.3 is 0 Å². The molecule has 2 atom stereocenters. The van der Waals surface area contributed by atoms with Gasteiger partial charge in [0.05, 0.1) is 5.56 Å². The van der Waals surface area contributed by atoms with Crippen LogP contribution in [0.4, 0.5) is 14.7 Å². The minimum atomic E-state index is -2.81. The summed E-state index contributed by atoms with van der Waals surface area (Å²) in [6, 6.07) is 1.41. The maximum atomic E-state index is 13.6. The molecular weight excluding hydrogens is 432 g/mol. The molecule has 32 heavy (non-hydrogen) atoms. The number of piperidine rings is 1. The van der Waals surface area contributed by atoms with Crippen LogP contribution in [0.15, 0.2) is 17.1 Å². The summed E-state index contributed by atoms with van der Waals surface area (Å²) < 4.78 is 31.1. The first-order valence-corrected chi connectivity index (χ1v) is 12.6. The molecule has 2 fully saturated rings. The molecule has 2 unspecified atom stereocenters. The summed E-state index contributed by atoms with van der Waals surface area (Å²) in [4.78, 5) is 22.1. The van der Waals surface area contributed by atoms with Gasteiger partial charge in [-0.1, -0.05) is 39.1 Å². The Morgan fingerprint density at radius 1 is 1.22 bits per heavy atom. The number of halogens is 2. The molecule has 9 heteroatoms. The van der Waals surface area contributed by atoms with Gasteiger partial charge in [0, 0.05) is 42.5 Å². The summed E-state index contributed by atoms with van der Waals surface area (Å²) in [7, 11) is 0. The minimum Gasteiger partial charge on any atom is -0.351 e. The third-order valence-electron chi connectivity index (χ3n) is 6.56. The summed E-state index contributed by atoms with van der Waals surface area (Å²) >= 11 is 1.91. The average Bonchev–Trinajstić information content (AvgIpc) is 3.18. The van der Waals surface area contributed by atoms with Crippen molar-refractivity contribution in [3.05, 3.63) is 28.2 Å². The summed E-state index contributed by atoms with van der Waals surface area (Å²) in [5, 5.41) is 3.91. The van der Waals surface area contributed by atoms with Gasteiger partial charge in [-0.15, -0.1) is 0 Å². The normalized spacial score (nSPS) is 23.0. The van der Waals surface area contributed by atoms with E-state index in [1.165, 1.54) is 10.6 Å². The summed E-state index contributed by atoms with van der Waals surface area (Å²) in [5.74, 6) is 2.52. The van der Waals surface area contributed by atoms with Crippen molar-refractivity contribution in [2.24, 2.45) is 11.8 Å². The van der Waals surface area contributed by atoms with E-state index in [0.29, 0.717) is 22.9 Å². The van der Waals surface area contributed by atoms with Gasteiger partial charge in [-0.05, 0) is 43.6 Å². The van der Waals surface area contributed by atoms with Crippen LogP contribution in [0.25, 0.3) is 11.0 Å². The highest BCUT2D eigenvalue weighted by Crippen LogP contribution is 2.36. The molecular formula is C23H33F2N5OS. The van der Waals surface area contributed by atoms with Crippen LogP contribution in [0.5, 0.6) is 0 Å². The molecule has 1 saturated carbocycles. The lowest BCUT2D eigenvalue weighted by molar-refractivity contribution is 0.148. The quantitative estimate of drug-likeness (QED) is 0.562. The molecule has 1 N–H and O–H groups in total. The lowest BCUT2D eigenvalue weighted by Gasteiger charge is -2.31. The second kappa shape index (κ2) is 10.0. The Kier molecular flexibility index (Phi) is 7.34. The number of aromatic nitrogens is 3. The number of hydrogen-bond donors (Lipinski definition) is 1. The molecule has 0 aromatic carbocycles. The molecule has 6 nitrogen and oxygen atoms in total. The first-order chi connectivity index (χ1) is 15.3. The van der Waals surface area contributed by atoms with E-state index >= 15 is 0 Å². The van der Waals surface area contributed by atoms with E-state index in [1.807, 2.05) is 11.9 Å². The fourth-order valence-corrected chi connectivity index (χ4v) is 5.73. The van der Waals surface area contributed by atoms with Crippen LogP contribution in [0.3, 0.4) is 0 Å². The van der Waals surface area contributed by atoms with Crippen molar-refractivity contribution >= 4 is 28.9 Å². The smallest absolute Gasteiger partial charge is 0.269 e. The number of anilines is 1. The molecule has 176 valence electrons. The Bertz CT molecular complexity index is 990. The highest BCUT2D eigenvalue weighted by Gasteiger charge is 2.30. The third-order valence-corrected chi connectivity index (χ3v) is 8.11. The molecule has 0 amide bonds. The van der Waals surface area contributed by atoms with Crippen molar-refractivity contribution in [2.75, 3.05) is 24.2 Å². The molecule has 1 aliphatic carbocycles. The van der Waals surface area contributed by atoms with E-state index in [9.17, 15) is 13.6 Å². The molecule has 1 aliphatic heterocycles. The van der Waals surface area contributed by atoms with Gasteiger partial charge in [0.2, 0.25) is 5.95 Å². The van der Waals surface area contributed by atoms with Gasteiger partial charge in [0.15, 0.2) is 0 Å². The zero-order chi connectivity index (χ0) is 22.8. The Morgan fingerprint density at radius 3 is 2.59 bits per heavy atom. The number of rotatable bonds is 7.